The summed E-state index contributed by atoms with van der Waals surface area (Å²) in [5.74, 6) is -0.492. The lowest BCUT2D eigenvalue weighted by Gasteiger charge is -2.28. The number of hydrogen-bond acceptors (Lipinski definition) is 3. The van der Waals surface area contributed by atoms with E-state index in [2.05, 4.69) is 6.92 Å². The van der Waals surface area contributed by atoms with Gasteiger partial charge in [0.2, 0.25) is 0 Å². The van der Waals surface area contributed by atoms with Crippen LogP contribution in [0.25, 0.3) is 6.08 Å². The number of unbranched alkanes of at least 4 members (excludes halogenated alkanes) is 1. The van der Waals surface area contributed by atoms with E-state index in [-0.39, 0.29) is 12.1 Å². The average molecular weight is 330 g/mol. The van der Waals surface area contributed by atoms with E-state index >= 15 is 0 Å². The fourth-order valence-corrected chi connectivity index (χ4v) is 3.15. The van der Waals surface area contributed by atoms with E-state index in [1.165, 1.54) is 25.3 Å². The number of carboxylic acid groups (broad SMARTS) is 1. The molecule has 1 fully saturated rings. The molecule has 0 spiro atoms. The maximum atomic E-state index is 12.2. The zero-order valence-corrected chi connectivity index (χ0v) is 14.2. The van der Waals surface area contributed by atoms with Crippen LogP contribution in [0.4, 0.5) is 0 Å². The highest BCUT2D eigenvalue weighted by atomic mass is 16.5. The predicted octanol–water partition coefficient (Wildman–Crippen LogP) is 4.69. The van der Waals surface area contributed by atoms with Crippen LogP contribution in [-0.2, 0) is 9.53 Å². The van der Waals surface area contributed by atoms with Gasteiger partial charge < -0.3 is 9.84 Å². The van der Waals surface area contributed by atoms with Gasteiger partial charge in [-0.2, -0.15) is 0 Å². The minimum Gasteiger partial charge on any atom is -0.478 e. The van der Waals surface area contributed by atoms with Crippen molar-refractivity contribution in [2.24, 2.45) is 5.92 Å². The second-order valence-corrected chi connectivity index (χ2v) is 6.48. The van der Waals surface area contributed by atoms with Gasteiger partial charge >= 0.3 is 11.9 Å². The molecule has 0 aliphatic heterocycles. The van der Waals surface area contributed by atoms with Gasteiger partial charge in [0.05, 0.1) is 5.56 Å². The molecule has 2 rings (SSSR count). The van der Waals surface area contributed by atoms with Crippen LogP contribution in [0.1, 0.15) is 67.8 Å². The highest BCUT2D eigenvalue weighted by molar-refractivity contribution is 5.90. The molecule has 0 aromatic heterocycles. The molecule has 1 aliphatic carbocycles. The predicted molar refractivity (Wildman–Crippen MR) is 93.8 cm³/mol. The van der Waals surface area contributed by atoms with Gasteiger partial charge in [0.1, 0.15) is 6.10 Å². The Morgan fingerprint density at radius 3 is 2.42 bits per heavy atom. The van der Waals surface area contributed by atoms with E-state index in [0.717, 1.165) is 43.2 Å². The van der Waals surface area contributed by atoms with Crippen molar-refractivity contribution in [2.75, 3.05) is 0 Å². The van der Waals surface area contributed by atoms with Crippen molar-refractivity contribution >= 4 is 18.0 Å². The van der Waals surface area contributed by atoms with E-state index < -0.39 is 5.97 Å². The Morgan fingerprint density at radius 1 is 1.17 bits per heavy atom. The lowest BCUT2D eigenvalue weighted by atomic mass is 9.84. The number of carboxylic acids is 1. The molecule has 0 bridgehead atoms. The first-order valence-electron chi connectivity index (χ1n) is 8.80. The summed E-state index contributed by atoms with van der Waals surface area (Å²) in [6.07, 6.45) is 10.6. The van der Waals surface area contributed by atoms with Gasteiger partial charge in [0, 0.05) is 6.08 Å². The Bertz CT molecular complexity index is 566. The van der Waals surface area contributed by atoms with Crippen LogP contribution in [-0.4, -0.2) is 23.1 Å². The molecular weight excluding hydrogens is 304 g/mol. The molecule has 0 unspecified atom stereocenters. The first-order valence-corrected chi connectivity index (χ1v) is 8.80. The number of carbonyl (C=O) groups is 2. The molecule has 1 saturated carbocycles. The Balaban J connectivity index is 1.81. The molecule has 1 N–H and O–H groups in total. The van der Waals surface area contributed by atoms with Gasteiger partial charge in [0.25, 0.3) is 0 Å². The minimum absolute atomic E-state index is 0.0296. The molecule has 1 aliphatic rings. The lowest BCUT2D eigenvalue weighted by Crippen LogP contribution is -2.24. The highest BCUT2D eigenvalue weighted by Gasteiger charge is 2.23. The SMILES string of the molecule is CCCCC1CCC(OC(=O)c2ccc(/C=C/C(=O)O)cc2)CC1. The third-order valence-corrected chi connectivity index (χ3v) is 4.60. The zero-order chi connectivity index (χ0) is 17.4. The van der Waals surface area contributed by atoms with Crippen molar-refractivity contribution in [3.63, 3.8) is 0 Å². The van der Waals surface area contributed by atoms with Crippen molar-refractivity contribution < 1.29 is 19.4 Å². The molecule has 0 heterocycles. The number of benzene rings is 1. The summed E-state index contributed by atoms with van der Waals surface area (Å²) in [4.78, 5) is 22.7. The average Bonchev–Trinajstić information content (AvgIpc) is 2.59. The summed E-state index contributed by atoms with van der Waals surface area (Å²) in [5, 5.41) is 8.61. The molecule has 130 valence electrons. The zero-order valence-electron chi connectivity index (χ0n) is 14.2. The van der Waals surface area contributed by atoms with Crippen LogP contribution in [0, 0.1) is 5.92 Å². The first-order chi connectivity index (χ1) is 11.6. The van der Waals surface area contributed by atoms with Crippen LogP contribution >= 0.6 is 0 Å². The Labute approximate surface area is 143 Å². The standard InChI is InChI=1S/C20H26O4/c1-2-3-4-15-7-12-18(13-8-15)24-20(23)17-10-5-16(6-11-17)9-14-19(21)22/h5-6,9-11,14-15,18H,2-4,7-8,12-13H2,1H3,(H,21,22)/b14-9+. The number of hydrogen-bond donors (Lipinski definition) is 1. The van der Waals surface area contributed by atoms with Gasteiger partial charge in [-0.25, -0.2) is 9.59 Å². The van der Waals surface area contributed by atoms with Crippen molar-refractivity contribution in [3.05, 3.63) is 41.5 Å². The number of ether oxygens (including phenoxy) is 1. The molecule has 0 atom stereocenters. The summed E-state index contributed by atoms with van der Waals surface area (Å²) >= 11 is 0. The summed E-state index contributed by atoms with van der Waals surface area (Å²) in [7, 11) is 0. The number of esters is 1. The summed E-state index contributed by atoms with van der Waals surface area (Å²) in [6.45, 7) is 2.22. The van der Waals surface area contributed by atoms with Gasteiger partial charge in [-0.15, -0.1) is 0 Å². The molecule has 0 saturated heterocycles. The maximum Gasteiger partial charge on any atom is 0.338 e. The highest BCUT2D eigenvalue weighted by Crippen LogP contribution is 2.30. The second-order valence-electron chi connectivity index (χ2n) is 6.48. The third kappa shape index (κ3) is 5.84. The molecule has 0 radical (unpaired) electrons. The largest absolute Gasteiger partial charge is 0.478 e. The quantitative estimate of drug-likeness (QED) is 0.582. The normalized spacial score (nSPS) is 20.9. The summed E-state index contributed by atoms with van der Waals surface area (Å²) < 4.78 is 5.62. The van der Waals surface area contributed by atoms with E-state index in [1.807, 2.05) is 0 Å². The lowest BCUT2D eigenvalue weighted by molar-refractivity contribution is -0.131. The molecule has 4 nitrogen and oxygen atoms in total. The molecule has 1 aromatic rings. The number of aliphatic carboxylic acids is 1. The van der Waals surface area contributed by atoms with E-state index in [4.69, 9.17) is 9.84 Å². The molecule has 0 amide bonds. The summed E-state index contributed by atoms with van der Waals surface area (Å²) in [6, 6.07) is 6.79. The van der Waals surface area contributed by atoms with Crippen molar-refractivity contribution in [2.45, 2.75) is 58.0 Å². The van der Waals surface area contributed by atoms with E-state index in [0.29, 0.717) is 5.56 Å². The van der Waals surface area contributed by atoms with Crippen LogP contribution in [0.3, 0.4) is 0 Å². The van der Waals surface area contributed by atoms with E-state index in [9.17, 15) is 9.59 Å². The van der Waals surface area contributed by atoms with Crippen molar-refractivity contribution in [1.29, 1.82) is 0 Å². The van der Waals surface area contributed by atoms with Crippen molar-refractivity contribution in [3.8, 4) is 0 Å². The second kappa shape index (κ2) is 9.26. The van der Waals surface area contributed by atoms with Gasteiger partial charge in [-0.3, -0.25) is 0 Å². The smallest absolute Gasteiger partial charge is 0.338 e. The number of rotatable bonds is 7. The van der Waals surface area contributed by atoms with Gasteiger partial charge in [-0.1, -0.05) is 38.3 Å². The Kier molecular flexibility index (Phi) is 7.04. The molecule has 1 aromatic carbocycles. The van der Waals surface area contributed by atoms with Crippen molar-refractivity contribution in [1.82, 2.24) is 0 Å². The van der Waals surface area contributed by atoms with Crippen LogP contribution in [0.15, 0.2) is 30.3 Å². The van der Waals surface area contributed by atoms with Crippen LogP contribution < -0.4 is 0 Å². The van der Waals surface area contributed by atoms with Gasteiger partial charge in [-0.05, 0) is 55.4 Å². The monoisotopic (exact) mass is 330 g/mol. The summed E-state index contributed by atoms with van der Waals surface area (Å²) in [5.41, 5.74) is 1.25. The molecule has 4 heteroatoms. The maximum absolute atomic E-state index is 12.2. The molecule has 24 heavy (non-hydrogen) atoms. The molecular formula is C20H26O4. The fraction of sp³-hybridized carbons (Fsp3) is 0.500. The van der Waals surface area contributed by atoms with Crippen LogP contribution in [0.2, 0.25) is 0 Å². The Morgan fingerprint density at radius 2 is 1.83 bits per heavy atom. The third-order valence-electron chi connectivity index (χ3n) is 4.60. The topological polar surface area (TPSA) is 63.6 Å². The fourth-order valence-electron chi connectivity index (χ4n) is 3.15. The van der Waals surface area contributed by atoms with Gasteiger partial charge in [0.15, 0.2) is 0 Å². The first kappa shape index (κ1) is 18.2. The van der Waals surface area contributed by atoms with E-state index in [1.54, 1.807) is 24.3 Å². The van der Waals surface area contributed by atoms with Crippen LogP contribution in [0.5, 0.6) is 0 Å². The number of carbonyl (C=O) groups excluding carboxylic acids is 1. The minimum atomic E-state index is -0.993. The Hall–Kier alpha value is -2.10.